The Hall–Kier alpha value is -5.01. The fourth-order valence-electron chi connectivity index (χ4n) is 3.75. The highest BCUT2D eigenvalue weighted by molar-refractivity contribution is 5.97. The molecule has 0 bridgehead atoms. The average Bonchev–Trinajstić information content (AvgIpc) is 2.96. The van der Waals surface area contributed by atoms with Crippen LogP contribution in [-0.4, -0.2) is 111 Å². The van der Waals surface area contributed by atoms with E-state index in [4.69, 9.17) is 22.9 Å². The fourth-order valence-corrected chi connectivity index (χ4v) is 3.75. The number of hydrogen-bond acceptors (Lipinski definition) is 11. The molecule has 6 atom stereocenters. The number of carbonyl (C=O) groups is 6. The van der Waals surface area contributed by atoms with Gasteiger partial charge in [0.05, 0.1) is 19.1 Å². The molecule has 0 aliphatic rings. The normalized spacial score (nSPS) is 14.8. The van der Waals surface area contributed by atoms with Crippen molar-refractivity contribution in [2.75, 3.05) is 13.2 Å². The molecule has 0 spiro atoms. The van der Waals surface area contributed by atoms with Crippen molar-refractivity contribution in [2.24, 2.45) is 27.9 Å². The Balaban J connectivity index is 3.21. The molecular formula is C26H41N9O10. The summed E-state index contributed by atoms with van der Waals surface area (Å²) in [5, 5.41) is 47.4. The SMILES string of the molecule is C[C@@H](O)[C@H](N)C(=O)N[C@@H](CO)C(=O)N[C@@H](Cc1ccc(O)cc1)C(=O)N[C@@H](CC(N)=O)C(=O)N[C@@H](CCCN=C(N)N)C(=O)O. The number of hydrogen-bond donors (Lipinski definition) is 12. The number of carboxylic acid groups (broad SMARTS) is 1. The van der Waals surface area contributed by atoms with Crippen LogP contribution in [0.2, 0.25) is 0 Å². The largest absolute Gasteiger partial charge is 0.508 e. The van der Waals surface area contributed by atoms with Crippen LogP contribution in [0, 0.1) is 0 Å². The van der Waals surface area contributed by atoms with Crippen molar-refractivity contribution >= 4 is 41.5 Å². The van der Waals surface area contributed by atoms with Gasteiger partial charge < -0.3 is 64.6 Å². The predicted octanol–water partition coefficient (Wildman–Crippen LogP) is -5.41. The number of phenolic OH excluding ortho intramolecular Hbond substituents is 1. The summed E-state index contributed by atoms with van der Waals surface area (Å²) in [5.41, 5.74) is 21.7. The molecule has 19 heteroatoms. The zero-order valence-electron chi connectivity index (χ0n) is 24.5. The Bertz CT molecular complexity index is 1220. The number of rotatable bonds is 19. The zero-order valence-corrected chi connectivity index (χ0v) is 24.5. The van der Waals surface area contributed by atoms with Crippen molar-refractivity contribution in [3.63, 3.8) is 0 Å². The van der Waals surface area contributed by atoms with Crippen LogP contribution in [0.15, 0.2) is 29.3 Å². The summed E-state index contributed by atoms with van der Waals surface area (Å²) in [4.78, 5) is 78.8. The number of aliphatic imine (C=N–C) groups is 1. The number of nitrogens with two attached hydrogens (primary N) is 4. The number of aromatic hydroxyl groups is 1. The molecule has 0 radical (unpaired) electrons. The quantitative estimate of drug-likeness (QED) is 0.0382. The van der Waals surface area contributed by atoms with Crippen LogP contribution in [0.5, 0.6) is 5.75 Å². The van der Waals surface area contributed by atoms with Crippen LogP contribution >= 0.6 is 0 Å². The molecule has 0 heterocycles. The van der Waals surface area contributed by atoms with Gasteiger partial charge in [-0.2, -0.15) is 0 Å². The molecule has 19 nitrogen and oxygen atoms in total. The summed E-state index contributed by atoms with van der Waals surface area (Å²) in [6.45, 7) is 0.382. The molecule has 0 unspecified atom stereocenters. The maximum Gasteiger partial charge on any atom is 0.326 e. The van der Waals surface area contributed by atoms with E-state index in [0.29, 0.717) is 5.56 Å². The lowest BCUT2D eigenvalue weighted by Crippen LogP contribution is -2.60. The maximum absolute atomic E-state index is 13.4. The minimum absolute atomic E-state index is 0.0717. The molecular weight excluding hydrogens is 598 g/mol. The van der Waals surface area contributed by atoms with Crippen LogP contribution in [-0.2, 0) is 35.2 Å². The van der Waals surface area contributed by atoms with E-state index in [1.165, 1.54) is 31.2 Å². The third-order valence-corrected chi connectivity index (χ3v) is 6.25. The van der Waals surface area contributed by atoms with Gasteiger partial charge in [0.1, 0.15) is 36.0 Å². The van der Waals surface area contributed by atoms with Gasteiger partial charge in [-0.3, -0.25) is 29.0 Å². The van der Waals surface area contributed by atoms with Crippen molar-refractivity contribution < 1.29 is 49.2 Å². The van der Waals surface area contributed by atoms with Gasteiger partial charge >= 0.3 is 5.97 Å². The van der Waals surface area contributed by atoms with E-state index in [0.717, 1.165) is 0 Å². The van der Waals surface area contributed by atoms with Crippen molar-refractivity contribution in [1.82, 2.24) is 21.3 Å². The molecule has 0 fully saturated rings. The van der Waals surface area contributed by atoms with E-state index < -0.39 is 84.8 Å². The number of amides is 5. The number of nitrogens with zero attached hydrogens (tertiary/aromatic N) is 1. The zero-order chi connectivity index (χ0) is 34.3. The van der Waals surface area contributed by atoms with Crippen LogP contribution in [0.25, 0.3) is 0 Å². The van der Waals surface area contributed by atoms with Gasteiger partial charge in [0.2, 0.25) is 29.5 Å². The number of phenols is 1. The highest BCUT2D eigenvalue weighted by Crippen LogP contribution is 2.12. The smallest absolute Gasteiger partial charge is 0.326 e. The number of carbonyl (C=O) groups excluding carboxylic acids is 5. The van der Waals surface area contributed by atoms with Crippen LogP contribution in [0.3, 0.4) is 0 Å². The van der Waals surface area contributed by atoms with Gasteiger partial charge in [0.15, 0.2) is 5.96 Å². The Labute approximate surface area is 257 Å². The number of nitrogens with one attached hydrogen (secondary N) is 4. The Morgan fingerprint density at radius 1 is 0.822 bits per heavy atom. The third-order valence-electron chi connectivity index (χ3n) is 6.25. The lowest BCUT2D eigenvalue weighted by Gasteiger charge is -2.26. The van der Waals surface area contributed by atoms with Gasteiger partial charge in [-0.15, -0.1) is 0 Å². The number of benzene rings is 1. The fraction of sp³-hybridized carbons (Fsp3) is 0.500. The Morgan fingerprint density at radius 3 is 1.84 bits per heavy atom. The molecule has 0 saturated heterocycles. The minimum atomic E-state index is -1.67. The molecule has 0 aliphatic carbocycles. The van der Waals surface area contributed by atoms with E-state index in [1.54, 1.807) is 0 Å². The molecule has 250 valence electrons. The first kappa shape index (κ1) is 38.0. The topological polar surface area (TPSA) is 348 Å². The second kappa shape index (κ2) is 18.6. The van der Waals surface area contributed by atoms with Crippen LogP contribution < -0.4 is 44.2 Å². The molecule has 0 aromatic heterocycles. The highest BCUT2D eigenvalue weighted by atomic mass is 16.4. The average molecular weight is 640 g/mol. The highest BCUT2D eigenvalue weighted by Gasteiger charge is 2.33. The number of guanidine groups is 1. The van der Waals surface area contributed by atoms with Crippen molar-refractivity contribution in [1.29, 1.82) is 0 Å². The number of carboxylic acids is 1. The van der Waals surface area contributed by atoms with Crippen molar-refractivity contribution in [3.8, 4) is 5.75 Å². The summed E-state index contributed by atoms with van der Waals surface area (Å²) in [7, 11) is 0. The minimum Gasteiger partial charge on any atom is -0.508 e. The van der Waals surface area contributed by atoms with E-state index in [1.807, 2.05) is 0 Å². The Morgan fingerprint density at radius 2 is 1.33 bits per heavy atom. The van der Waals surface area contributed by atoms with Gasteiger partial charge in [-0.05, 0) is 37.5 Å². The summed E-state index contributed by atoms with van der Waals surface area (Å²) < 4.78 is 0. The standard InChI is InChI=1S/C26H41N9O10/c1-12(37)20(28)24(43)35-18(11-36)23(42)33-16(9-13-4-6-14(38)7-5-13)21(40)34-17(10-19(27)39)22(41)32-15(25(44)45)3-2-8-31-26(29)30/h4-7,12,15-18,20,36-38H,2-3,8-11,28H2,1H3,(H2,27,39)(H,32,41)(H,33,42)(H,34,40)(H,35,43)(H,44,45)(H4,29,30,31)/t12-,15+,16+,17+,18+,20+/m1/s1. The number of aliphatic carboxylic acids is 1. The molecule has 1 aromatic rings. The molecule has 16 N–H and O–H groups in total. The summed E-state index contributed by atoms with van der Waals surface area (Å²) >= 11 is 0. The van der Waals surface area contributed by atoms with Crippen LogP contribution in [0.1, 0.15) is 31.7 Å². The predicted molar refractivity (Wildman–Crippen MR) is 158 cm³/mol. The van der Waals surface area contributed by atoms with Crippen molar-refractivity contribution in [3.05, 3.63) is 29.8 Å². The summed E-state index contributed by atoms with van der Waals surface area (Å²) in [6, 6.07) is -2.19. The third kappa shape index (κ3) is 13.9. The Kier molecular flexibility index (Phi) is 15.7. The van der Waals surface area contributed by atoms with E-state index in [2.05, 4.69) is 26.3 Å². The van der Waals surface area contributed by atoms with Gasteiger partial charge in [-0.1, -0.05) is 12.1 Å². The van der Waals surface area contributed by atoms with Gasteiger partial charge in [-0.25, -0.2) is 4.79 Å². The molecule has 5 amide bonds. The molecule has 45 heavy (non-hydrogen) atoms. The molecule has 0 saturated carbocycles. The first-order valence-corrected chi connectivity index (χ1v) is 13.7. The second-order valence-electron chi connectivity index (χ2n) is 10.0. The van der Waals surface area contributed by atoms with Gasteiger partial charge in [0, 0.05) is 13.0 Å². The van der Waals surface area contributed by atoms with E-state index in [-0.39, 0.29) is 37.5 Å². The summed E-state index contributed by atoms with van der Waals surface area (Å²) in [5.74, 6) is -6.85. The van der Waals surface area contributed by atoms with E-state index >= 15 is 0 Å². The van der Waals surface area contributed by atoms with Gasteiger partial charge in [0.25, 0.3) is 0 Å². The monoisotopic (exact) mass is 639 g/mol. The number of primary amides is 1. The second-order valence-corrected chi connectivity index (χ2v) is 10.0. The number of aliphatic hydroxyl groups is 2. The number of aliphatic hydroxyl groups excluding tert-OH is 2. The summed E-state index contributed by atoms with van der Waals surface area (Å²) in [6.07, 6.45) is -2.23. The first-order valence-electron chi connectivity index (χ1n) is 13.7. The van der Waals surface area contributed by atoms with Crippen LogP contribution in [0.4, 0.5) is 0 Å². The maximum atomic E-state index is 13.4. The van der Waals surface area contributed by atoms with E-state index in [9.17, 15) is 49.2 Å². The first-order chi connectivity index (χ1) is 21.0. The van der Waals surface area contributed by atoms with Crippen molar-refractivity contribution in [2.45, 2.75) is 68.9 Å². The molecule has 0 aliphatic heterocycles. The lowest BCUT2D eigenvalue weighted by atomic mass is 10.0. The lowest BCUT2D eigenvalue weighted by molar-refractivity contribution is -0.142. The molecule has 1 aromatic carbocycles. The molecule has 1 rings (SSSR count).